The minimum Gasteiger partial charge on any atom is -0.494 e. The van der Waals surface area contributed by atoms with Crippen LogP contribution in [-0.4, -0.2) is 21.2 Å². The number of rotatable bonds is 5. The van der Waals surface area contributed by atoms with E-state index in [0.29, 0.717) is 24.7 Å². The number of nitrogen functional groups attached to an aromatic ring is 1. The minimum atomic E-state index is 0.317. The van der Waals surface area contributed by atoms with Crippen LogP contribution < -0.4 is 15.2 Å². The number of fused-ring (bicyclic) bond motifs is 1. The normalized spacial score (nSPS) is 10.8. The van der Waals surface area contributed by atoms with Crippen molar-refractivity contribution in [1.29, 1.82) is 0 Å². The van der Waals surface area contributed by atoms with Gasteiger partial charge in [-0.15, -0.1) is 10.2 Å². The summed E-state index contributed by atoms with van der Waals surface area (Å²) in [6.07, 6.45) is 1.82. The number of ether oxygens (including phenoxy) is 2. The van der Waals surface area contributed by atoms with Crippen molar-refractivity contribution < 1.29 is 9.47 Å². The van der Waals surface area contributed by atoms with Gasteiger partial charge in [0, 0.05) is 6.20 Å². The number of anilines is 1. The van der Waals surface area contributed by atoms with E-state index in [1.165, 1.54) is 0 Å². The molecule has 0 saturated carbocycles. The molecule has 2 aromatic heterocycles. The summed E-state index contributed by atoms with van der Waals surface area (Å²) in [5, 5.41) is 8.28. The molecule has 0 amide bonds. The highest BCUT2D eigenvalue weighted by Crippen LogP contribution is 2.19. The molecule has 1 aromatic carbocycles. The third-order valence-corrected chi connectivity index (χ3v) is 3.36. The zero-order valence-corrected chi connectivity index (χ0v) is 12.6. The topological polar surface area (TPSA) is 74.7 Å². The summed E-state index contributed by atoms with van der Waals surface area (Å²) in [6, 6.07) is 9.40. The minimum absolute atomic E-state index is 0.317. The van der Waals surface area contributed by atoms with E-state index in [0.717, 1.165) is 22.7 Å². The van der Waals surface area contributed by atoms with E-state index in [2.05, 4.69) is 10.2 Å². The molecule has 0 saturated heterocycles. The number of pyridine rings is 1. The first kappa shape index (κ1) is 14.2. The van der Waals surface area contributed by atoms with Crippen LogP contribution in [0.2, 0.25) is 0 Å². The van der Waals surface area contributed by atoms with Crippen molar-refractivity contribution in [2.75, 3.05) is 12.3 Å². The number of aryl methyl sites for hydroxylation is 1. The Labute approximate surface area is 128 Å². The van der Waals surface area contributed by atoms with Crippen molar-refractivity contribution in [3.05, 3.63) is 47.9 Å². The summed E-state index contributed by atoms with van der Waals surface area (Å²) in [5.41, 5.74) is 8.38. The number of nitrogens with zero attached hydrogens (tertiary/aromatic N) is 3. The van der Waals surface area contributed by atoms with E-state index in [-0.39, 0.29) is 0 Å². The zero-order valence-electron chi connectivity index (χ0n) is 12.6. The molecule has 2 N–H and O–H groups in total. The molecule has 2 heterocycles. The van der Waals surface area contributed by atoms with Crippen molar-refractivity contribution in [3.8, 4) is 11.5 Å². The van der Waals surface area contributed by atoms with Crippen molar-refractivity contribution >= 4 is 11.3 Å². The molecule has 22 heavy (non-hydrogen) atoms. The van der Waals surface area contributed by atoms with E-state index in [4.69, 9.17) is 15.2 Å². The van der Waals surface area contributed by atoms with Gasteiger partial charge < -0.3 is 15.2 Å². The summed E-state index contributed by atoms with van der Waals surface area (Å²) < 4.78 is 13.0. The number of aromatic nitrogens is 3. The molecule has 6 nitrogen and oxygen atoms in total. The second-order valence-electron chi connectivity index (χ2n) is 4.95. The van der Waals surface area contributed by atoms with E-state index >= 15 is 0 Å². The average molecular weight is 298 g/mol. The third-order valence-electron chi connectivity index (χ3n) is 3.36. The molecule has 3 rings (SSSR count). The van der Waals surface area contributed by atoms with E-state index < -0.39 is 0 Å². The molecule has 0 aliphatic rings. The van der Waals surface area contributed by atoms with Gasteiger partial charge in [-0.1, -0.05) is 0 Å². The van der Waals surface area contributed by atoms with Crippen LogP contribution in [-0.2, 0) is 6.61 Å². The van der Waals surface area contributed by atoms with Gasteiger partial charge in [0.05, 0.1) is 12.3 Å². The Morgan fingerprint density at radius 2 is 1.77 bits per heavy atom. The first-order valence-electron chi connectivity index (χ1n) is 7.12. The lowest BCUT2D eigenvalue weighted by molar-refractivity contribution is 0.293. The molecule has 0 fully saturated rings. The van der Waals surface area contributed by atoms with Gasteiger partial charge in [0.25, 0.3) is 0 Å². The summed E-state index contributed by atoms with van der Waals surface area (Å²) in [7, 11) is 0. The average Bonchev–Trinajstić information content (AvgIpc) is 2.89. The Kier molecular flexibility index (Phi) is 3.82. The predicted molar refractivity (Wildman–Crippen MR) is 84.1 cm³/mol. The molecule has 3 aromatic rings. The molecule has 0 bridgehead atoms. The summed E-state index contributed by atoms with van der Waals surface area (Å²) >= 11 is 0. The molecule has 114 valence electrons. The van der Waals surface area contributed by atoms with Crippen LogP contribution in [0.4, 0.5) is 5.69 Å². The third kappa shape index (κ3) is 2.81. The fourth-order valence-corrected chi connectivity index (χ4v) is 2.14. The molecular weight excluding hydrogens is 280 g/mol. The van der Waals surface area contributed by atoms with Gasteiger partial charge in [-0.2, -0.15) is 0 Å². The van der Waals surface area contributed by atoms with Gasteiger partial charge in [0.2, 0.25) is 0 Å². The standard InChI is InChI=1S/C16H18N4O2/c1-3-21-12-4-6-13(7-5-12)22-10-16-19-18-15-8-11(2)14(17)9-20(15)16/h4-9H,3,10,17H2,1-2H3. The zero-order chi connectivity index (χ0) is 15.5. The van der Waals surface area contributed by atoms with Crippen molar-refractivity contribution in [2.45, 2.75) is 20.5 Å². The molecule has 0 atom stereocenters. The highest BCUT2D eigenvalue weighted by molar-refractivity contribution is 5.53. The maximum atomic E-state index is 5.94. The SMILES string of the molecule is CCOc1ccc(OCc2nnc3cc(C)c(N)cn23)cc1. The van der Waals surface area contributed by atoms with E-state index in [1.807, 2.05) is 54.8 Å². The molecule has 0 aliphatic carbocycles. The summed E-state index contributed by atoms with van der Waals surface area (Å²) in [6.45, 7) is 4.86. The molecule has 6 heteroatoms. The number of nitrogens with two attached hydrogens (primary N) is 1. The van der Waals surface area contributed by atoms with Crippen LogP contribution in [0.3, 0.4) is 0 Å². The Hall–Kier alpha value is -2.76. The van der Waals surface area contributed by atoms with Gasteiger partial charge in [-0.25, -0.2) is 0 Å². The summed E-state index contributed by atoms with van der Waals surface area (Å²) in [4.78, 5) is 0. The fourth-order valence-electron chi connectivity index (χ4n) is 2.14. The van der Waals surface area contributed by atoms with Gasteiger partial charge in [0.1, 0.15) is 18.1 Å². The molecule has 0 aliphatic heterocycles. The summed E-state index contributed by atoms with van der Waals surface area (Å²) in [5.74, 6) is 2.28. The van der Waals surface area contributed by atoms with Crippen molar-refractivity contribution in [1.82, 2.24) is 14.6 Å². The highest BCUT2D eigenvalue weighted by Gasteiger charge is 2.08. The molecular formula is C16H18N4O2. The smallest absolute Gasteiger partial charge is 0.175 e. The van der Waals surface area contributed by atoms with Crippen LogP contribution in [0.15, 0.2) is 36.5 Å². The van der Waals surface area contributed by atoms with Crippen LogP contribution in [0.1, 0.15) is 18.3 Å². The fraction of sp³-hybridized carbons (Fsp3) is 0.250. The highest BCUT2D eigenvalue weighted by atomic mass is 16.5. The number of hydrogen-bond donors (Lipinski definition) is 1. The lowest BCUT2D eigenvalue weighted by Gasteiger charge is -2.07. The number of benzene rings is 1. The van der Waals surface area contributed by atoms with Crippen LogP contribution >= 0.6 is 0 Å². The molecule has 0 radical (unpaired) electrons. The Balaban J connectivity index is 1.75. The van der Waals surface area contributed by atoms with E-state index in [1.54, 1.807) is 0 Å². The Bertz CT molecular complexity index is 781. The monoisotopic (exact) mass is 298 g/mol. The van der Waals surface area contributed by atoms with Gasteiger partial charge in [0.15, 0.2) is 11.5 Å². The van der Waals surface area contributed by atoms with Crippen LogP contribution in [0.25, 0.3) is 5.65 Å². The van der Waals surface area contributed by atoms with Gasteiger partial charge in [-0.3, -0.25) is 4.40 Å². The lowest BCUT2D eigenvalue weighted by atomic mass is 10.2. The molecule has 0 spiro atoms. The second kappa shape index (κ2) is 5.93. The largest absolute Gasteiger partial charge is 0.494 e. The van der Waals surface area contributed by atoms with Gasteiger partial charge >= 0.3 is 0 Å². The van der Waals surface area contributed by atoms with Crippen LogP contribution in [0.5, 0.6) is 11.5 Å². The maximum Gasteiger partial charge on any atom is 0.175 e. The Morgan fingerprint density at radius 1 is 1.09 bits per heavy atom. The number of hydrogen-bond acceptors (Lipinski definition) is 5. The quantitative estimate of drug-likeness (QED) is 0.783. The first-order valence-corrected chi connectivity index (χ1v) is 7.12. The lowest BCUT2D eigenvalue weighted by Crippen LogP contribution is -2.03. The molecule has 0 unspecified atom stereocenters. The van der Waals surface area contributed by atoms with E-state index in [9.17, 15) is 0 Å². The maximum absolute atomic E-state index is 5.94. The van der Waals surface area contributed by atoms with Crippen molar-refractivity contribution in [2.24, 2.45) is 0 Å². The predicted octanol–water partition coefficient (Wildman–Crippen LogP) is 2.60. The van der Waals surface area contributed by atoms with Crippen LogP contribution in [0, 0.1) is 6.92 Å². The van der Waals surface area contributed by atoms with Crippen molar-refractivity contribution in [3.63, 3.8) is 0 Å². The van der Waals surface area contributed by atoms with Gasteiger partial charge in [-0.05, 0) is 49.7 Å². The first-order chi connectivity index (χ1) is 10.7. The second-order valence-corrected chi connectivity index (χ2v) is 4.95. The Morgan fingerprint density at radius 3 is 2.45 bits per heavy atom.